The van der Waals surface area contributed by atoms with Crippen LogP contribution in [0.5, 0.6) is 0 Å². The quantitative estimate of drug-likeness (QED) is 0.873. The van der Waals surface area contributed by atoms with Crippen molar-refractivity contribution in [1.82, 2.24) is 19.5 Å². The van der Waals surface area contributed by atoms with E-state index in [1.165, 1.54) is 0 Å². The van der Waals surface area contributed by atoms with Gasteiger partial charge in [0.15, 0.2) is 0 Å². The minimum Gasteiger partial charge on any atom is -0.444 e. The number of carbonyl (C=O) groups excluding carboxylic acids is 1. The van der Waals surface area contributed by atoms with Gasteiger partial charge < -0.3 is 14.6 Å². The van der Waals surface area contributed by atoms with E-state index in [9.17, 15) is 9.59 Å². The van der Waals surface area contributed by atoms with Crippen LogP contribution in [0.4, 0.5) is 4.79 Å². The minimum atomic E-state index is -0.511. The molecule has 0 saturated carbocycles. The minimum absolute atomic E-state index is 0.0152. The van der Waals surface area contributed by atoms with Crippen LogP contribution in [0.1, 0.15) is 44.6 Å². The number of fused-ring (bicyclic) bond motifs is 1. The number of carbonyl (C=O) groups is 1. The van der Waals surface area contributed by atoms with Crippen LogP contribution in [0, 0.1) is 6.92 Å². The van der Waals surface area contributed by atoms with Crippen molar-refractivity contribution in [2.75, 3.05) is 13.1 Å². The van der Waals surface area contributed by atoms with Crippen LogP contribution < -0.4 is 5.56 Å². The molecular formula is C16H22N4O3. The molecular weight excluding hydrogens is 296 g/mol. The summed E-state index contributed by atoms with van der Waals surface area (Å²) in [6.45, 7) is 8.56. The summed E-state index contributed by atoms with van der Waals surface area (Å²) in [6, 6.07) is 3.62. The molecule has 3 rings (SSSR count). The normalized spacial score (nSPS) is 18.6. The number of aryl methyl sites for hydroxylation is 1. The molecule has 0 aliphatic carbocycles. The van der Waals surface area contributed by atoms with Crippen LogP contribution in [0.2, 0.25) is 0 Å². The highest BCUT2D eigenvalue weighted by atomic mass is 16.6. The van der Waals surface area contributed by atoms with Gasteiger partial charge in [-0.1, -0.05) is 0 Å². The Morgan fingerprint density at radius 1 is 1.39 bits per heavy atom. The van der Waals surface area contributed by atoms with Crippen molar-refractivity contribution in [1.29, 1.82) is 0 Å². The summed E-state index contributed by atoms with van der Waals surface area (Å²) in [7, 11) is 0. The molecule has 0 spiro atoms. The summed E-state index contributed by atoms with van der Waals surface area (Å²) in [5.41, 5.74) is 0.782. The summed E-state index contributed by atoms with van der Waals surface area (Å²) in [5.74, 6) is 0.634. The van der Waals surface area contributed by atoms with E-state index in [0.29, 0.717) is 24.4 Å². The Morgan fingerprint density at radius 2 is 2.13 bits per heavy atom. The second-order valence-electron chi connectivity index (χ2n) is 7.02. The number of amides is 1. The molecule has 2 aromatic heterocycles. The van der Waals surface area contributed by atoms with Crippen LogP contribution in [0.25, 0.3) is 5.52 Å². The van der Waals surface area contributed by atoms with Crippen molar-refractivity contribution >= 4 is 11.6 Å². The van der Waals surface area contributed by atoms with E-state index in [-0.39, 0.29) is 17.6 Å². The number of aromatic amines is 1. The average Bonchev–Trinajstić information content (AvgIpc) is 3.05. The Balaban J connectivity index is 1.80. The lowest BCUT2D eigenvalue weighted by Gasteiger charge is -2.24. The lowest BCUT2D eigenvalue weighted by Crippen LogP contribution is -2.35. The first-order chi connectivity index (χ1) is 10.7. The number of aromatic nitrogens is 3. The molecule has 1 unspecified atom stereocenters. The second kappa shape index (κ2) is 5.40. The van der Waals surface area contributed by atoms with Crippen LogP contribution in [0.3, 0.4) is 0 Å². The lowest BCUT2D eigenvalue weighted by atomic mass is 10.1. The summed E-state index contributed by atoms with van der Waals surface area (Å²) in [6.07, 6.45) is 0.439. The summed E-state index contributed by atoms with van der Waals surface area (Å²) >= 11 is 0. The van der Waals surface area contributed by atoms with Gasteiger partial charge in [0, 0.05) is 24.7 Å². The van der Waals surface area contributed by atoms with E-state index in [2.05, 4.69) is 10.1 Å². The molecule has 1 aliphatic heterocycles. The maximum Gasteiger partial charge on any atom is 0.410 e. The molecule has 7 heteroatoms. The topological polar surface area (TPSA) is 79.7 Å². The highest BCUT2D eigenvalue weighted by molar-refractivity contribution is 5.68. The average molecular weight is 318 g/mol. The molecule has 2 aromatic rings. The first-order valence-electron chi connectivity index (χ1n) is 7.81. The van der Waals surface area contributed by atoms with Gasteiger partial charge in [0.2, 0.25) is 0 Å². The van der Waals surface area contributed by atoms with Crippen LogP contribution in [0.15, 0.2) is 16.9 Å². The fraction of sp³-hybridized carbons (Fsp3) is 0.562. The molecule has 1 atom stereocenters. The molecule has 1 aliphatic rings. The molecule has 1 amide bonds. The molecule has 7 nitrogen and oxygen atoms in total. The zero-order valence-corrected chi connectivity index (χ0v) is 13.9. The number of likely N-dealkylation sites (tertiary alicyclic amines) is 1. The number of hydrogen-bond acceptors (Lipinski definition) is 4. The van der Waals surface area contributed by atoms with E-state index in [1.54, 1.807) is 15.5 Å². The Bertz CT molecular complexity index is 800. The molecule has 0 bridgehead atoms. The zero-order valence-electron chi connectivity index (χ0n) is 13.9. The number of ether oxygens (including phenoxy) is 1. The van der Waals surface area contributed by atoms with Crippen molar-refractivity contribution in [3.8, 4) is 0 Å². The molecule has 0 radical (unpaired) electrons. The van der Waals surface area contributed by atoms with Gasteiger partial charge in [0.05, 0.1) is 0 Å². The number of nitrogens with zero attached hydrogens (tertiary/aromatic N) is 3. The van der Waals surface area contributed by atoms with Crippen LogP contribution >= 0.6 is 0 Å². The zero-order chi connectivity index (χ0) is 16.8. The van der Waals surface area contributed by atoms with Crippen LogP contribution in [-0.2, 0) is 4.74 Å². The summed E-state index contributed by atoms with van der Waals surface area (Å²) in [4.78, 5) is 28.8. The largest absolute Gasteiger partial charge is 0.444 e. The van der Waals surface area contributed by atoms with E-state index < -0.39 is 5.60 Å². The van der Waals surface area contributed by atoms with Gasteiger partial charge >= 0.3 is 6.09 Å². The smallest absolute Gasteiger partial charge is 0.410 e. The third-order valence-corrected chi connectivity index (χ3v) is 3.95. The van der Waals surface area contributed by atoms with Gasteiger partial charge in [-0.05, 0) is 46.2 Å². The van der Waals surface area contributed by atoms with Gasteiger partial charge in [-0.15, -0.1) is 0 Å². The number of hydrogen-bond donors (Lipinski definition) is 1. The van der Waals surface area contributed by atoms with Gasteiger partial charge in [-0.2, -0.15) is 5.10 Å². The maximum atomic E-state index is 12.2. The Hall–Kier alpha value is -2.31. The molecule has 3 heterocycles. The van der Waals surface area contributed by atoms with Crippen molar-refractivity contribution in [2.45, 2.75) is 45.6 Å². The van der Waals surface area contributed by atoms with E-state index in [1.807, 2.05) is 33.8 Å². The number of rotatable bonds is 1. The van der Waals surface area contributed by atoms with Crippen molar-refractivity contribution in [3.05, 3.63) is 34.0 Å². The molecule has 1 fully saturated rings. The lowest BCUT2D eigenvalue weighted by molar-refractivity contribution is 0.0292. The van der Waals surface area contributed by atoms with Gasteiger partial charge in [-0.3, -0.25) is 4.79 Å². The number of nitrogens with one attached hydrogen (secondary N) is 1. The summed E-state index contributed by atoms with van der Waals surface area (Å²) < 4.78 is 7.05. The molecule has 1 saturated heterocycles. The maximum absolute atomic E-state index is 12.2. The third kappa shape index (κ3) is 3.09. The first kappa shape index (κ1) is 15.6. The van der Waals surface area contributed by atoms with Crippen molar-refractivity contribution in [2.24, 2.45) is 0 Å². The van der Waals surface area contributed by atoms with Crippen LogP contribution in [-0.4, -0.2) is 44.3 Å². The van der Waals surface area contributed by atoms with E-state index >= 15 is 0 Å². The van der Waals surface area contributed by atoms with E-state index in [4.69, 9.17) is 4.74 Å². The second-order valence-corrected chi connectivity index (χ2v) is 7.02. The van der Waals surface area contributed by atoms with Crippen molar-refractivity contribution in [3.63, 3.8) is 0 Å². The Labute approximate surface area is 134 Å². The number of H-pyrrole nitrogens is 1. The fourth-order valence-corrected chi connectivity index (χ4v) is 2.81. The first-order valence-corrected chi connectivity index (χ1v) is 7.81. The van der Waals surface area contributed by atoms with Gasteiger partial charge in [0.1, 0.15) is 16.9 Å². The Kier molecular flexibility index (Phi) is 3.66. The Morgan fingerprint density at radius 3 is 2.83 bits per heavy atom. The molecule has 1 N–H and O–H groups in total. The standard InChI is InChI=1S/C16H22N4O3/c1-10-5-6-12-14(21)17-13(18-20(10)12)11-7-8-19(9-11)15(22)23-16(2,3)4/h5-6,11H,7-9H2,1-4H3,(H,17,18,21). The fourth-order valence-electron chi connectivity index (χ4n) is 2.81. The monoisotopic (exact) mass is 318 g/mol. The third-order valence-electron chi connectivity index (χ3n) is 3.95. The predicted molar refractivity (Wildman–Crippen MR) is 85.7 cm³/mol. The molecule has 23 heavy (non-hydrogen) atoms. The van der Waals surface area contributed by atoms with Crippen molar-refractivity contribution < 1.29 is 9.53 Å². The SMILES string of the molecule is Cc1ccc2c(=O)[nH]c(C3CCN(C(=O)OC(C)(C)C)C3)nn12. The highest BCUT2D eigenvalue weighted by Crippen LogP contribution is 2.25. The predicted octanol–water partition coefficient (Wildman–Crippen LogP) is 2.06. The van der Waals surface area contributed by atoms with E-state index in [0.717, 1.165) is 12.1 Å². The molecule has 124 valence electrons. The summed E-state index contributed by atoms with van der Waals surface area (Å²) in [5, 5.41) is 4.53. The highest BCUT2D eigenvalue weighted by Gasteiger charge is 2.32. The van der Waals surface area contributed by atoms with Gasteiger partial charge in [-0.25, -0.2) is 9.31 Å². The van der Waals surface area contributed by atoms with Gasteiger partial charge in [0.25, 0.3) is 5.56 Å². The molecule has 0 aromatic carbocycles.